The molecule has 1 fully saturated rings. The lowest BCUT2D eigenvalue weighted by molar-refractivity contribution is -0.161. The van der Waals surface area contributed by atoms with Gasteiger partial charge in [-0.2, -0.15) is 0 Å². The molecule has 3 unspecified atom stereocenters. The molecule has 1 aliphatic heterocycles. The second-order valence-electron chi connectivity index (χ2n) is 13.5. The van der Waals surface area contributed by atoms with Gasteiger partial charge in [0.05, 0.1) is 25.4 Å². The monoisotopic (exact) mass is 777 g/mol. The number of phosphoric ester groups is 1. The Morgan fingerprint density at radius 3 is 1.87 bits per heavy atom. The zero-order chi connectivity index (χ0) is 39.4. The number of nitrogens with two attached hydrogens (primary N) is 1. The van der Waals surface area contributed by atoms with Crippen LogP contribution in [0.5, 0.6) is 0 Å². The first-order chi connectivity index (χ1) is 26.3. The molecule has 0 aromatic carbocycles. The van der Waals surface area contributed by atoms with Crippen molar-refractivity contribution in [3.8, 4) is 0 Å². The van der Waals surface area contributed by atoms with Gasteiger partial charge in [-0.25, -0.2) is 4.57 Å². The largest absolute Gasteiger partial charge is 0.472 e. The van der Waals surface area contributed by atoms with Gasteiger partial charge in [0, 0.05) is 19.4 Å². The van der Waals surface area contributed by atoms with E-state index in [2.05, 4.69) is 80.7 Å². The Bertz CT molecular complexity index is 1180. The SMILES string of the molecule is CC/C=C\C/C=C\C/C=C\CCCCCCCC(=O)OC[C@H](COP(=O)(O)OCCN)OC(=O)CCC/C=C\CC1OC1C/C=C\C/C=C\CCCCC. The number of esters is 2. The molecule has 4 atom stereocenters. The van der Waals surface area contributed by atoms with Crippen molar-refractivity contribution in [2.45, 2.75) is 161 Å². The van der Waals surface area contributed by atoms with E-state index < -0.39 is 32.5 Å². The van der Waals surface area contributed by atoms with Crippen molar-refractivity contribution in [1.82, 2.24) is 0 Å². The Morgan fingerprint density at radius 1 is 0.667 bits per heavy atom. The third kappa shape index (κ3) is 31.7. The Balaban J connectivity index is 2.27. The quantitative estimate of drug-likeness (QED) is 0.0207. The summed E-state index contributed by atoms with van der Waals surface area (Å²) in [5.41, 5.74) is 5.34. The van der Waals surface area contributed by atoms with E-state index in [1.807, 2.05) is 6.08 Å². The van der Waals surface area contributed by atoms with Crippen molar-refractivity contribution in [3.63, 3.8) is 0 Å². The minimum Gasteiger partial charge on any atom is -0.462 e. The molecule has 0 aromatic rings. The maximum atomic E-state index is 12.6. The summed E-state index contributed by atoms with van der Waals surface area (Å²) in [5, 5.41) is 0. The van der Waals surface area contributed by atoms with E-state index in [9.17, 15) is 19.0 Å². The Morgan fingerprint density at radius 2 is 1.20 bits per heavy atom. The standard InChI is InChI=1S/C43H72NO9P/c1-3-5-7-9-11-13-14-15-16-17-18-20-22-24-29-33-42(45)49-37-39(38-51-54(47,48)50-36-35-44)52-43(46)34-30-26-25-28-32-41-40(53-41)31-27-23-21-19-12-10-8-6-4-2/h5,7,11-13,15-16,19,23,25,27-28,39-41H,3-4,6,8-10,14,17-18,20-22,24,26,29-38,44H2,1-2H3,(H,47,48)/b7-5-,13-11-,16-15-,19-12-,27-23-,28-25-/t39-,40?,41?/m1/s1. The number of unbranched alkanes of at least 4 members (excludes halogenated alkanes) is 9. The van der Waals surface area contributed by atoms with Crippen molar-refractivity contribution in [1.29, 1.82) is 0 Å². The highest BCUT2D eigenvalue weighted by Gasteiger charge is 2.36. The van der Waals surface area contributed by atoms with Gasteiger partial charge in [-0.1, -0.05) is 119 Å². The van der Waals surface area contributed by atoms with Crippen LogP contribution < -0.4 is 5.73 Å². The fourth-order valence-corrected chi connectivity index (χ4v) is 6.09. The lowest BCUT2D eigenvalue weighted by Crippen LogP contribution is -2.29. The summed E-state index contributed by atoms with van der Waals surface area (Å²) >= 11 is 0. The van der Waals surface area contributed by atoms with Gasteiger partial charge in [0.25, 0.3) is 0 Å². The van der Waals surface area contributed by atoms with E-state index in [4.69, 9.17) is 29.0 Å². The van der Waals surface area contributed by atoms with E-state index >= 15 is 0 Å². The van der Waals surface area contributed by atoms with Crippen molar-refractivity contribution in [2.75, 3.05) is 26.4 Å². The number of carbonyl (C=O) groups is 2. The molecule has 11 heteroatoms. The molecule has 0 bridgehead atoms. The predicted molar refractivity (Wildman–Crippen MR) is 219 cm³/mol. The van der Waals surface area contributed by atoms with Crippen LogP contribution in [0.1, 0.15) is 142 Å². The highest BCUT2D eigenvalue weighted by Crippen LogP contribution is 2.43. The molecule has 54 heavy (non-hydrogen) atoms. The molecule has 10 nitrogen and oxygen atoms in total. The summed E-state index contributed by atoms with van der Waals surface area (Å²) in [6.07, 6.45) is 43.9. The number of allylic oxidation sites excluding steroid dienone is 10. The molecule has 308 valence electrons. The van der Waals surface area contributed by atoms with E-state index in [-0.39, 0.29) is 44.8 Å². The van der Waals surface area contributed by atoms with E-state index in [1.54, 1.807) is 0 Å². The highest BCUT2D eigenvalue weighted by molar-refractivity contribution is 7.47. The van der Waals surface area contributed by atoms with Gasteiger partial charge >= 0.3 is 19.8 Å². The number of rotatable bonds is 36. The summed E-state index contributed by atoms with van der Waals surface area (Å²) in [6, 6.07) is 0. The Labute approximate surface area is 326 Å². The molecule has 0 saturated carbocycles. The molecule has 1 saturated heterocycles. The van der Waals surface area contributed by atoms with Crippen molar-refractivity contribution < 1.29 is 42.3 Å². The van der Waals surface area contributed by atoms with Gasteiger partial charge < -0.3 is 24.8 Å². The van der Waals surface area contributed by atoms with Gasteiger partial charge in [-0.15, -0.1) is 0 Å². The zero-order valence-electron chi connectivity index (χ0n) is 33.4. The number of epoxide rings is 1. The Kier molecular flexibility index (Phi) is 31.9. The molecule has 0 amide bonds. The Hall–Kier alpha value is -2.59. The van der Waals surface area contributed by atoms with Crippen LogP contribution in [-0.2, 0) is 37.4 Å². The van der Waals surface area contributed by atoms with Crippen LogP contribution in [0.2, 0.25) is 0 Å². The molecule has 3 N–H and O–H groups in total. The van der Waals surface area contributed by atoms with Crippen LogP contribution >= 0.6 is 7.82 Å². The summed E-state index contributed by atoms with van der Waals surface area (Å²) in [5.74, 6) is -0.930. The lowest BCUT2D eigenvalue weighted by atomic mass is 10.1. The zero-order valence-corrected chi connectivity index (χ0v) is 34.3. The molecule has 0 radical (unpaired) electrons. The lowest BCUT2D eigenvalue weighted by Gasteiger charge is -2.19. The van der Waals surface area contributed by atoms with Crippen molar-refractivity contribution >= 4 is 19.8 Å². The second-order valence-corrected chi connectivity index (χ2v) is 15.0. The highest BCUT2D eigenvalue weighted by atomic mass is 31.2. The minimum absolute atomic E-state index is 0.0356. The predicted octanol–water partition coefficient (Wildman–Crippen LogP) is 10.5. The van der Waals surface area contributed by atoms with Gasteiger partial charge in [-0.3, -0.25) is 18.6 Å². The van der Waals surface area contributed by atoms with E-state index in [0.29, 0.717) is 19.3 Å². The molecule has 1 heterocycles. The van der Waals surface area contributed by atoms with Crippen molar-refractivity contribution in [3.05, 3.63) is 72.9 Å². The summed E-state index contributed by atoms with van der Waals surface area (Å²) in [4.78, 5) is 34.8. The topological polar surface area (TPSA) is 147 Å². The fraction of sp³-hybridized carbons (Fsp3) is 0.674. The van der Waals surface area contributed by atoms with Crippen LogP contribution in [0.25, 0.3) is 0 Å². The molecular formula is C43H72NO9P. The maximum Gasteiger partial charge on any atom is 0.472 e. The van der Waals surface area contributed by atoms with Crippen LogP contribution in [-0.4, -0.2) is 61.5 Å². The van der Waals surface area contributed by atoms with E-state index in [1.165, 1.54) is 19.3 Å². The third-order valence-corrected chi connectivity index (χ3v) is 9.46. The average Bonchev–Trinajstić information content (AvgIpc) is 3.91. The second kappa shape index (κ2) is 34.9. The maximum absolute atomic E-state index is 12.6. The first-order valence-electron chi connectivity index (χ1n) is 20.5. The van der Waals surface area contributed by atoms with Crippen LogP contribution in [0.4, 0.5) is 0 Å². The first-order valence-corrected chi connectivity index (χ1v) is 22.0. The van der Waals surface area contributed by atoms with Crippen molar-refractivity contribution in [2.24, 2.45) is 5.73 Å². The summed E-state index contributed by atoms with van der Waals surface area (Å²) in [7, 11) is -4.40. The number of carbonyl (C=O) groups excluding carboxylic acids is 2. The molecular weight excluding hydrogens is 705 g/mol. The van der Waals surface area contributed by atoms with Crippen LogP contribution in [0.15, 0.2) is 72.9 Å². The number of hydrogen-bond acceptors (Lipinski definition) is 9. The normalized spacial score (nSPS) is 17.9. The summed E-state index contributed by atoms with van der Waals surface area (Å²) in [6.45, 7) is 3.46. The van der Waals surface area contributed by atoms with Gasteiger partial charge in [0.2, 0.25) is 0 Å². The molecule has 0 aromatic heterocycles. The summed E-state index contributed by atoms with van der Waals surface area (Å²) < 4.78 is 38.4. The van der Waals surface area contributed by atoms with Gasteiger partial charge in [0.15, 0.2) is 6.10 Å². The molecule has 0 aliphatic carbocycles. The third-order valence-electron chi connectivity index (χ3n) is 8.48. The fourth-order valence-electron chi connectivity index (χ4n) is 5.33. The van der Waals surface area contributed by atoms with E-state index in [0.717, 1.165) is 77.0 Å². The molecule has 1 rings (SSSR count). The number of ether oxygens (including phenoxy) is 3. The number of hydrogen-bond donors (Lipinski definition) is 2. The van der Waals surface area contributed by atoms with Crippen LogP contribution in [0, 0.1) is 0 Å². The average molecular weight is 778 g/mol. The smallest absolute Gasteiger partial charge is 0.462 e. The van der Waals surface area contributed by atoms with Crippen LogP contribution in [0.3, 0.4) is 0 Å². The van der Waals surface area contributed by atoms with Gasteiger partial charge in [-0.05, 0) is 83.5 Å². The molecule has 1 aliphatic rings. The van der Waals surface area contributed by atoms with Gasteiger partial charge in [0.1, 0.15) is 6.61 Å². The molecule has 0 spiro atoms. The first kappa shape index (κ1) is 49.4. The number of phosphoric acid groups is 1. The minimum atomic E-state index is -4.40.